The number of aryl methyl sites for hydroxylation is 1. The van der Waals surface area contributed by atoms with E-state index in [1.54, 1.807) is 0 Å². The summed E-state index contributed by atoms with van der Waals surface area (Å²) in [4.78, 5) is 12.4. The summed E-state index contributed by atoms with van der Waals surface area (Å²) >= 11 is 0. The summed E-state index contributed by atoms with van der Waals surface area (Å²) in [6.45, 7) is 6.82. The summed E-state index contributed by atoms with van der Waals surface area (Å²) < 4.78 is 1.92. The van der Waals surface area contributed by atoms with Crippen LogP contribution < -0.4 is 33.9 Å². The standard InChI is InChI=1S/C17H26N2O.HI/c1-12(2)15-8-7-13(3)10-16(15)18-17(20)14-6-5-9-19(4)11-14;/h5-6,9,11-13,15-16H,7-8,10H2,1-4H3;1H. The minimum absolute atomic E-state index is 0. The van der Waals surface area contributed by atoms with Crippen molar-refractivity contribution in [3.05, 3.63) is 30.1 Å². The number of nitrogens with zero attached hydrogens (tertiary/aromatic N) is 1. The predicted molar refractivity (Wildman–Crippen MR) is 80.2 cm³/mol. The maximum atomic E-state index is 12.4. The number of carbonyl (C=O) groups is 1. The van der Waals surface area contributed by atoms with E-state index in [0.717, 1.165) is 12.0 Å². The Morgan fingerprint density at radius 2 is 2.10 bits per heavy atom. The first-order valence-corrected chi connectivity index (χ1v) is 7.73. The van der Waals surface area contributed by atoms with Crippen LogP contribution in [0.2, 0.25) is 0 Å². The molecule has 1 fully saturated rings. The molecule has 3 unspecified atom stereocenters. The van der Waals surface area contributed by atoms with Gasteiger partial charge in [0.1, 0.15) is 12.6 Å². The monoisotopic (exact) mass is 402 g/mol. The number of carbonyl (C=O) groups excluding carboxylic acids is 1. The number of hydrogen-bond acceptors (Lipinski definition) is 1. The third kappa shape index (κ3) is 4.94. The Hall–Kier alpha value is -0.650. The number of pyridine rings is 1. The molecular weight excluding hydrogens is 375 g/mol. The zero-order valence-corrected chi connectivity index (χ0v) is 15.6. The van der Waals surface area contributed by atoms with Gasteiger partial charge in [-0.25, -0.2) is 4.57 Å². The van der Waals surface area contributed by atoms with Gasteiger partial charge in [-0.2, -0.15) is 0 Å². The predicted octanol–water partition coefficient (Wildman–Crippen LogP) is -0.294. The lowest BCUT2D eigenvalue weighted by Crippen LogP contribution is -3.00. The van der Waals surface area contributed by atoms with Gasteiger partial charge in [0.2, 0.25) is 0 Å². The first kappa shape index (κ1) is 18.4. The van der Waals surface area contributed by atoms with Crippen LogP contribution in [0.1, 0.15) is 50.4 Å². The molecule has 1 N–H and O–H groups in total. The summed E-state index contributed by atoms with van der Waals surface area (Å²) in [6.07, 6.45) is 7.44. The van der Waals surface area contributed by atoms with Crippen molar-refractivity contribution >= 4 is 5.91 Å². The minimum Gasteiger partial charge on any atom is -1.00 e. The maximum absolute atomic E-state index is 12.4. The SMILES string of the molecule is CC1CCC(C(C)C)C(NC(=O)c2ccc[n+](C)c2)C1.[I-]. The molecule has 3 atom stereocenters. The zero-order valence-electron chi connectivity index (χ0n) is 13.5. The van der Waals surface area contributed by atoms with E-state index in [1.165, 1.54) is 12.8 Å². The third-order valence-electron chi connectivity index (χ3n) is 4.54. The molecule has 0 aliphatic heterocycles. The van der Waals surface area contributed by atoms with Crippen LogP contribution in [-0.4, -0.2) is 11.9 Å². The molecule has 0 aromatic carbocycles. The third-order valence-corrected chi connectivity index (χ3v) is 4.54. The van der Waals surface area contributed by atoms with Crippen LogP contribution in [-0.2, 0) is 7.05 Å². The van der Waals surface area contributed by atoms with E-state index in [4.69, 9.17) is 0 Å². The number of halogens is 1. The molecule has 1 aliphatic rings. The number of amides is 1. The molecule has 118 valence electrons. The molecule has 0 saturated heterocycles. The van der Waals surface area contributed by atoms with E-state index in [9.17, 15) is 4.79 Å². The van der Waals surface area contributed by atoms with E-state index < -0.39 is 0 Å². The van der Waals surface area contributed by atoms with Crippen molar-refractivity contribution in [1.29, 1.82) is 0 Å². The van der Waals surface area contributed by atoms with Crippen LogP contribution in [0.3, 0.4) is 0 Å². The van der Waals surface area contributed by atoms with Gasteiger partial charge in [0.05, 0.1) is 0 Å². The van der Waals surface area contributed by atoms with Gasteiger partial charge in [-0.15, -0.1) is 0 Å². The fraction of sp³-hybridized carbons (Fsp3) is 0.647. The second kappa shape index (κ2) is 8.11. The van der Waals surface area contributed by atoms with Gasteiger partial charge in [-0.1, -0.05) is 27.2 Å². The number of nitrogens with one attached hydrogen (secondary N) is 1. The summed E-state index contributed by atoms with van der Waals surface area (Å²) in [5.41, 5.74) is 0.746. The number of rotatable bonds is 3. The van der Waals surface area contributed by atoms with E-state index in [1.807, 2.05) is 36.1 Å². The first-order valence-electron chi connectivity index (χ1n) is 7.73. The molecule has 0 bridgehead atoms. The van der Waals surface area contributed by atoms with Crippen LogP contribution in [0.15, 0.2) is 24.5 Å². The van der Waals surface area contributed by atoms with Crippen LogP contribution in [0.25, 0.3) is 0 Å². The van der Waals surface area contributed by atoms with Gasteiger partial charge in [0.25, 0.3) is 5.91 Å². The van der Waals surface area contributed by atoms with Gasteiger partial charge in [-0.05, 0) is 36.7 Å². The lowest BCUT2D eigenvalue weighted by Gasteiger charge is -2.37. The average molecular weight is 402 g/mol. The lowest BCUT2D eigenvalue weighted by molar-refractivity contribution is -0.671. The molecule has 2 rings (SSSR count). The van der Waals surface area contributed by atoms with Crippen molar-refractivity contribution < 1.29 is 33.3 Å². The fourth-order valence-electron chi connectivity index (χ4n) is 3.34. The van der Waals surface area contributed by atoms with Crippen molar-refractivity contribution in [2.75, 3.05) is 0 Å². The highest BCUT2D eigenvalue weighted by Gasteiger charge is 2.32. The number of hydrogen-bond donors (Lipinski definition) is 1. The molecule has 21 heavy (non-hydrogen) atoms. The first-order chi connectivity index (χ1) is 9.47. The van der Waals surface area contributed by atoms with E-state index in [-0.39, 0.29) is 29.9 Å². The largest absolute Gasteiger partial charge is 1.00 e. The van der Waals surface area contributed by atoms with Crippen molar-refractivity contribution in [1.82, 2.24) is 5.32 Å². The van der Waals surface area contributed by atoms with Crippen LogP contribution in [0, 0.1) is 17.8 Å². The molecule has 1 heterocycles. The second-order valence-electron chi connectivity index (χ2n) is 6.66. The van der Waals surface area contributed by atoms with Gasteiger partial charge in [0.15, 0.2) is 12.4 Å². The highest BCUT2D eigenvalue weighted by Crippen LogP contribution is 2.33. The lowest BCUT2D eigenvalue weighted by atomic mass is 9.74. The molecule has 4 heteroatoms. The van der Waals surface area contributed by atoms with E-state index in [0.29, 0.717) is 23.8 Å². The Balaban J connectivity index is 0.00000220. The van der Waals surface area contributed by atoms with E-state index in [2.05, 4.69) is 26.1 Å². The van der Waals surface area contributed by atoms with Gasteiger partial charge >= 0.3 is 0 Å². The Labute approximate surface area is 145 Å². The molecule has 3 nitrogen and oxygen atoms in total. The van der Waals surface area contributed by atoms with Crippen LogP contribution in [0.5, 0.6) is 0 Å². The van der Waals surface area contributed by atoms with Crippen molar-refractivity contribution in [3.63, 3.8) is 0 Å². The van der Waals surface area contributed by atoms with E-state index >= 15 is 0 Å². The van der Waals surface area contributed by atoms with Crippen molar-refractivity contribution in [3.8, 4) is 0 Å². The molecular formula is C17H27IN2O. The summed E-state index contributed by atoms with van der Waals surface area (Å²) in [7, 11) is 1.94. The smallest absolute Gasteiger partial charge is 0.257 e. The van der Waals surface area contributed by atoms with Crippen molar-refractivity contribution in [2.45, 2.75) is 46.1 Å². The van der Waals surface area contributed by atoms with Gasteiger partial charge in [-0.3, -0.25) is 4.79 Å². The maximum Gasteiger partial charge on any atom is 0.257 e. The van der Waals surface area contributed by atoms with Gasteiger partial charge < -0.3 is 29.3 Å². The fourth-order valence-corrected chi connectivity index (χ4v) is 3.34. The average Bonchev–Trinajstić information content (AvgIpc) is 2.38. The van der Waals surface area contributed by atoms with Gasteiger partial charge in [0, 0.05) is 12.1 Å². The Morgan fingerprint density at radius 1 is 1.38 bits per heavy atom. The summed E-state index contributed by atoms with van der Waals surface area (Å²) in [5, 5.41) is 3.27. The molecule has 0 spiro atoms. The highest BCUT2D eigenvalue weighted by molar-refractivity contribution is 5.93. The summed E-state index contributed by atoms with van der Waals surface area (Å²) in [6, 6.07) is 4.11. The second-order valence-corrected chi connectivity index (χ2v) is 6.66. The molecule has 0 radical (unpaired) electrons. The topological polar surface area (TPSA) is 33.0 Å². The van der Waals surface area contributed by atoms with Crippen LogP contribution in [0.4, 0.5) is 0 Å². The molecule has 1 aromatic rings. The summed E-state index contributed by atoms with van der Waals surface area (Å²) in [5.74, 6) is 2.00. The normalized spacial score (nSPS) is 25.3. The minimum atomic E-state index is 0. The molecule has 1 saturated carbocycles. The Morgan fingerprint density at radius 3 is 2.71 bits per heavy atom. The quantitative estimate of drug-likeness (QED) is 0.547. The highest BCUT2D eigenvalue weighted by atomic mass is 127. The van der Waals surface area contributed by atoms with Crippen molar-refractivity contribution in [2.24, 2.45) is 24.8 Å². The molecule has 1 aliphatic carbocycles. The van der Waals surface area contributed by atoms with Crippen LogP contribution >= 0.6 is 0 Å². The molecule has 1 aromatic heterocycles. The zero-order chi connectivity index (χ0) is 14.7. The molecule has 1 amide bonds. The number of aromatic nitrogens is 1. The Kier molecular flexibility index (Phi) is 7.10. The Bertz CT molecular complexity index is 476.